The van der Waals surface area contributed by atoms with Gasteiger partial charge in [0.2, 0.25) is 0 Å². The van der Waals surface area contributed by atoms with E-state index in [9.17, 15) is 9.59 Å². The van der Waals surface area contributed by atoms with Crippen molar-refractivity contribution in [2.75, 3.05) is 13.2 Å². The maximum Gasteiger partial charge on any atom is 0.478 e. The summed E-state index contributed by atoms with van der Waals surface area (Å²) in [6.45, 7) is 20.6. The Morgan fingerprint density at radius 1 is 0.477 bits per heavy atom. The van der Waals surface area contributed by atoms with Gasteiger partial charge in [0.25, 0.3) is 0 Å². The van der Waals surface area contributed by atoms with Crippen molar-refractivity contribution in [3.8, 4) is 0 Å². The molecule has 0 aromatic carbocycles. The molecule has 0 aliphatic carbocycles. The summed E-state index contributed by atoms with van der Waals surface area (Å²) in [6.07, 6.45) is 0.570. The second-order valence-corrected chi connectivity index (χ2v) is 35.7. The summed E-state index contributed by atoms with van der Waals surface area (Å²) < 4.78 is 91.4. The van der Waals surface area contributed by atoms with Crippen LogP contribution in [0.5, 0.6) is 0 Å². The predicted octanol–water partition coefficient (Wildman–Crippen LogP) is 2.56. The van der Waals surface area contributed by atoms with Crippen molar-refractivity contribution in [3.05, 3.63) is 24.3 Å². The lowest BCUT2D eigenvalue weighted by atomic mass is 10.4. The van der Waals surface area contributed by atoms with E-state index in [1.807, 2.05) is 0 Å². The molecule has 6 aliphatic heterocycles. The molecule has 8 bridgehead atoms. The Kier molecular flexibility index (Phi) is 9.29. The molecule has 6 rings (SSSR count). The molecule has 6 aliphatic rings. The molecule has 0 amide bonds. The molecule has 24 heteroatoms. The van der Waals surface area contributed by atoms with Crippen LogP contribution in [0, 0.1) is 0 Å². The van der Waals surface area contributed by atoms with Gasteiger partial charge in [-0.3, -0.25) is 0 Å². The van der Waals surface area contributed by atoms with E-state index >= 15 is 0 Å². The first-order valence-corrected chi connectivity index (χ1v) is 31.4. The zero-order valence-electron chi connectivity index (χ0n) is 26.2. The smallest absolute Gasteiger partial charge is 0.462 e. The van der Waals surface area contributed by atoms with Crippen molar-refractivity contribution in [1.82, 2.24) is 0 Å². The number of ether oxygens (including phenoxy) is 2. The average Bonchev–Trinajstić information content (AvgIpc) is 2.77. The van der Waals surface area contributed by atoms with Crippen LogP contribution in [0.15, 0.2) is 24.3 Å². The average molecular weight is 761 g/mol. The summed E-state index contributed by atoms with van der Waals surface area (Å²) in [5.74, 6) is -1.04. The van der Waals surface area contributed by atoms with E-state index in [0.717, 1.165) is 0 Å². The van der Waals surface area contributed by atoms with Crippen molar-refractivity contribution in [2.24, 2.45) is 0 Å². The van der Waals surface area contributed by atoms with Crippen LogP contribution in [0.4, 0.5) is 0 Å². The number of hydrogen-bond acceptors (Lipinski definition) is 16. The van der Waals surface area contributed by atoms with Gasteiger partial charge in [-0.2, -0.15) is 0 Å². The molecule has 0 saturated carbocycles. The molecule has 16 nitrogen and oxygen atoms in total. The normalized spacial score (nSPS) is 45.8. The first kappa shape index (κ1) is 35.0. The van der Waals surface area contributed by atoms with Gasteiger partial charge in [0.1, 0.15) is 0 Å². The summed E-state index contributed by atoms with van der Waals surface area (Å²) >= 11 is 0. The second kappa shape index (κ2) is 11.7. The van der Waals surface area contributed by atoms with Crippen molar-refractivity contribution >= 4 is 82.4 Å². The zero-order chi connectivity index (χ0) is 32.5. The molecule has 248 valence electrons. The monoisotopic (exact) mass is 760 g/mol. The highest BCUT2D eigenvalue weighted by Crippen LogP contribution is 2.49. The molecule has 6 saturated heterocycles. The number of carbonyl (C=O) groups excluding carboxylic acids is 2. The van der Waals surface area contributed by atoms with E-state index in [2.05, 4.69) is 13.2 Å². The quantitative estimate of drug-likeness (QED) is 0.138. The summed E-state index contributed by atoms with van der Waals surface area (Å²) in [6, 6.07) is 0.300. The molecule has 6 fully saturated rings. The van der Waals surface area contributed by atoms with Crippen LogP contribution in [-0.4, -0.2) is 95.6 Å². The molecule has 0 radical (unpaired) electrons. The number of rotatable bonds is 10. The third kappa shape index (κ3) is 7.53. The standard InChI is InChI=1S/C20H40O16Si8/c1-17(2)19(21)23-13-11-15-43-32-39(7)26-37(5)25-38(6)28-41(9,30-39)34-44(36-43,16-12-14-24-20(22)18(3)4)35-42(10,29-38)31-40(8,27-37)33-43/h1,3,11-16H2,2,4-10H3. The highest BCUT2D eigenvalue weighted by molar-refractivity contribution is 7.02. The number of carbonyl (C=O) groups is 2. The van der Waals surface area contributed by atoms with Crippen LogP contribution in [0.1, 0.15) is 26.7 Å². The number of hydrogen-bond donors (Lipinski definition) is 0. The van der Waals surface area contributed by atoms with Gasteiger partial charge in [-0.15, -0.1) is 0 Å². The lowest BCUT2D eigenvalue weighted by molar-refractivity contribution is -0.139. The summed E-state index contributed by atoms with van der Waals surface area (Å²) in [5, 5.41) is 0. The molecular weight excluding hydrogens is 721 g/mol. The highest BCUT2D eigenvalue weighted by atomic mass is 28.6. The van der Waals surface area contributed by atoms with Gasteiger partial charge in [-0.25, -0.2) is 9.59 Å². The van der Waals surface area contributed by atoms with Crippen LogP contribution < -0.4 is 0 Å². The van der Waals surface area contributed by atoms with E-state index in [4.69, 9.17) is 58.9 Å². The Morgan fingerprint density at radius 3 is 0.977 bits per heavy atom. The Hall–Kier alpha value is -0.325. The van der Waals surface area contributed by atoms with Crippen molar-refractivity contribution in [1.29, 1.82) is 0 Å². The summed E-state index contributed by atoms with van der Waals surface area (Å²) in [4.78, 5) is 24.1. The first-order chi connectivity index (χ1) is 20.1. The van der Waals surface area contributed by atoms with E-state index in [1.54, 1.807) is 53.1 Å². The van der Waals surface area contributed by atoms with E-state index < -0.39 is 82.4 Å². The lowest BCUT2D eigenvalue weighted by Gasteiger charge is -2.61. The van der Waals surface area contributed by atoms with Crippen LogP contribution in [0.3, 0.4) is 0 Å². The van der Waals surface area contributed by atoms with Crippen molar-refractivity contribution < 1.29 is 68.4 Å². The predicted molar refractivity (Wildman–Crippen MR) is 165 cm³/mol. The van der Waals surface area contributed by atoms with Crippen LogP contribution in [0.25, 0.3) is 0 Å². The largest absolute Gasteiger partial charge is 0.478 e. The third-order valence-corrected chi connectivity index (χ3v) is 42.8. The Balaban J connectivity index is 1.57. The molecule has 0 N–H and O–H groups in total. The zero-order valence-corrected chi connectivity index (χ0v) is 34.2. The van der Waals surface area contributed by atoms with Gasteiger partial charge in [-0.1, -0.05) is 13.2 Å². The van der Waals surface area contributed by atoms with E-state index in [-0.39, 0.29) is 49.3 Å². The Bertz CT molecular complexity index is 1110. The molecule has 6 heterocycles. The first-order valence-electron chi connectivity index (χ1n) is 14.2. The fourth-order valence-electron chi connectivity index (χ4n) is 5.68. The molecular formula is C20H40O16Si8. The fourth-order valence-corrected chi connectivity index (χ4v) is 52.1. The molecule has 4 unspecified atom stereocenters. The van der Waals surface area contributed by atoms with Gasteiger partial charge >= 0.3 is 82.4 Å². The van der Waals surface area contributed by atoms with Gasteiger partial charge in [0.05, 0.1) is 13.2 Å². The molecule has 0 aromatic rings. The van der Waals surface area contributed by atoms with Crippen molar-refractivity contribution in [3.63, 3.8) is 0 Å². The van der Waals surface area contributed by atoms with Gasteiger partial charge in [0, 0.05) is 62.5 Å². The maximum absolute atomic E-state index is 12.1. The van der Waals surface area contributed by atoms with Crippen LogP contribution in [-0.2, 0) is 68.4 Å². The maximum atomic E-state index is 12.1. The summed E-state index contributed by atoms with van der Waals surface area (Å²) in [5.41, 5.74) is 0.550. The van der Waals surface area contributed by atoms with Gasteiger partial charge in [-0.05, 0) is 26.7 Å². The minimum Gasteiger partial charge on any atom is -0.462 e. The minimum atomic E-state index is -3.98. The summed E-state index contributed by atoms with van der Waals surface area (Å²) in [7, 11) is -30.3. The molecule has 4 atom stereocenters. The van der Waals surface area contributed by atoms with E-state index in [1.165, 1.54) is 0 Å². The van der Waals surface area contributed by atoms with Crippen LogP contribution in [0.2, 0.25) is 51.4 Å². The Labute approximate surface area is 265 Å². The van der Waals surface area contributed by atoms with Gasteiger partial charge in [0.15, 0.2) is 0 Å². The molecule has 44 heavy (non-hydrogen) atoms. The topological polar surface area (TPSA) is 163 Å². The lowest BCUT2D eigenvalue weighted by Crippen LogP contribution is -2.86. The number of esters is 2. The van der Waals surface area contributed by atoms with Crippen LogP contribution >= 0.6 is 0 Å². The van der Waals surface area contributed by atoms with E-state index in [0.29, 0.717) is 0 Å². The van der Waals surface area contributed by atoms with Gasteiger partial charge < -0.3 is 58.9 Å². The third-order valence-electron chi connectivity index (χ3n) is 6.69. The second-order valence-electron chi connectivity index (χ2n) is 11.8. The molecule has 0 spiro atoms. The fraction of sp³-hybridized carbons (Fsp3) is 0.700. The SMILES string of the molecule is C=C(C)C(=O)OCCC[Si]12O[Si]3(C)O[Si]4(C)O[Si]5(C)O[Si](C)(O3)O[Si](CCCOC(=O)C(=C)C)(O[Si](C)(O5)O[Si](C)(O4)O1)O2. The minimum absolute atomic E-state index is 0.0360. The van der Waals surface area contributed by atoms with Crippen molar-refractivity contribution in [2.45, 2.75) is 78.1 Å². The molecule has 0 aromatic heterocycles. The Morgan fingerprint density at radius 2 is 0.727 bits per heavy atom. The highest BCUT2D eigenvalue weighted by Gasteiger charge is 2.79.